The summed E-state index contributed by atoms with van der Waals surface area (Å²) in [5, 5.41) is 41.1. The molecule has 10 aromatic rings. The second-order valence-electron chi connectivity index (χ2n) is 29.7. The zero-order chi connectivity index (χ0) is 88.6. The molecule has 1 amide bonds. The van der Waals surface area contributed by atoms with Crippen LogP contribution in [-0.2, 0) is 87.9 Å². The van der Waals surface area contributed by atoms with Gasteiger partial charge in [0.15, 0.2) is 28.3 Å². The van der Waals surface area contributed by atoms with Crippen LogP contribution in [0, 0.1) is 25.2 Å². The molecule has 26 nitrogen and oxygen atoms in total. The molecule has 0 spiro atoms. The van der Waals surface area contributed by atoms with Crippen LogP contribution in [0.15, 0.2) is 198 Å². The Morgan fingerprint density at radius 3 is 1.31 bits per heavy atom. The van der Waals surface area contributed by atoms with Crippen LogP contribution in [0.3, 0.4) is 0 Å². The number of hydrazone groups is 1. The van der Waals surface area contributed by atoms with Gasteiger partial charge in [-0.05, 0) is 250 Å². The molecule has 3 unspecified atom stereocenters. The van der Waals surface area contributed by atoms with E-state index in [1.54, 1.807) is 26.0 Å². The number of amides is 1. The Morgan fingerprint density at radius 1 is 0.496 bits per heavy atom. The molecule has 8 aliphatic rings. The molecule has 0 saturated carbocycles. The third-order valence-electron chi connectivity index (χ3n) is 21.5. The number of carboxylic acids is 1. The second kappa shape index (κ2) is 57.9. The molecule has 127 heavy (non-hydrogen) atoms. The van der Waals surface area contributed by atoms with E-state index in [1.165, 1.54) is 55.6 Å². The minimum Gasteiger partial charge on any atom is -1.00 e. The Balaban J connectivity index is 0.000000375. The number of rotatable bonds is 6. The number of nitrogens with two attached hydrogens (primary N) is 5. The van der Waals surface area contributed by atoms with Crippen LogP contribution in [-0.4, -0.2) is 100 Å². The monoisotopic (exact) mass is 1830 g/mol. The van der Waals surface area contributed by atoms with Gasteiger partial charge in [-0.15, -0.1) is 20.4 Å². The van der Waals surface area contributed by atoms with Gasteiger partial charge in [-0.2, -0.15) is 10.2 Å². The van der Waals surface area contributed by atoms with Crippen molar-refractivity contribution in [2.24, 2.45) is 52.1 Å². The van der Waals surface area contributed by atoms with Gasteiger partial charge in [-0.3, -0.25) is 61.5 Å². The number of carbonyl (C=O) groups is 6. The first-order valence-electron chi connectivity index (χ1n) is 41.4. The van der Waals surface area contributed by atoms with Gasteiger partial charge in [0.2, 0.25) is 5.91 Å². The SMILES string of the molecule is C.CCO.CCOC(=O)CC1CCCc2ccccc2C1=O.Clc1cc2c(nn1)-c1ccccc1CCC2.NN.NN.NNc1cc2c(nn1)-c1ccccc1CCC2.O.O=C(O)CC1CCCc2ccccc2C1=O.O=C1CC2CCCc3ccccc3C2=NN1.O=C1CCCCc2ccccc21.O=P(Cl)(Cl)Cl.O=c1cc2c(n[nH]1)-c1ccccc1CCC2.[2H-].[CH3-].[Li+]. The van der Waals surface area contributed by atoms with E-state index < -0.39 is 11.2 Å². The molecule has 1 aliphatic heterocycles. The van der Waals surface area contributed by atoms with E-state index in [0.29, 0.717) is 47.7 Å². The Kier molecular flexibility index (Phi) is 49.9. The first-order chi connectivity index (χ1) is 59.6. The maximum absolute atomic E-state index is 12.4. The molecule has 3 atom stereocenters. The number of anilines is 1. The zero-order valence-electron chi connectivity index (χ0n) is 72.8. The van der Waals surface area contributed by atoms with Crippen molar-refractivity contribution in [3.8, 4) is 33.8 Å². The number of fused-ring (bicyclic) bond motifs is 15. The number of aliphatic hydroxyl groups excluding tert-OH is 1. The number of H-pyrrole nitrogens is 1. The number of Topliss-reactive ketones (excluding diaryl/α,β-unsaturated/α-hetero) is 3. The number of esters is 1. The number of nitrogens with zero attached hydrogens (tertiary/aromatic N) is 6. The summed E-state index contributed by atoms with van der Waals surface area (Å²) in [6.07, 6.45) is 22.8. The summed E-state index contributed by atoms with van der Waals surface area (Å²) < 4.78 is 14.4. The summed E-state index contributed by atoms with van der Waals surface area (Å²) >= 11 is 19.7. The number of ketones is 3. The van der Waals surface area contributed by atoms with E-state index in [1.807, 2.05) is 97.1 Å². The minimum absolute atomic E-state index is 0. The molecule has 0 saturated heterocycles. The van der Waals surface area contributed by atoms with Crippen LogP contribution >= 0.6 is 50.5 Å². The number of halogens is 4. The minimum atomic E-state index is -3.22. The summed E-state index contributed by atoms with van der Waals surface area (Å²) in [7, 11) is 0. The molecule has 32 heteroatoms. The summed E-state index contributed by atoms with van der Waals surface area (Å²) in [6.45, 7) is 4.08. The second-order valence-corrected chi connectivity index (χ2v) is 36.8. The van der Waals surface area contributed by atoms with Crippen LogP contribution < -0.4 is 64.5 Å². The fraction of sp³-hybridized carbons (Fsp3) is 0.347. The Labute approximate surface area is 777 Å². The number of aryl methyl sites for hydroxylation is 10. The smallest absolute Gasteiger partial charge is 1.00 e. The number of carboxylic acid groups (broad SMARTS) is 1. The van der Waals surface area contributed by atoms with Gasteiger partial charge in [-0.1, -0.05) is 189 Å². The summed E-state index contributed by atoms with van der Waals surface area (Å²) in [6, 6.07) is 62.3. The molecule has 4 heterocycles. The third-order valence-corrected chi connectivity index (χ3v) is 21.7. The van der Waals surface area contributed by atoms with Crippen LogP contribution in [0.25, 0.3) is 33.8 Å². The molecule has 3 aromatic heterocycles. The average Bonchev–Trinajstić information content (AvgIpc) is 1.61. The van der Waals surface area contributed by atoms with E-state index in [9.17, 15) is 38.1 Å². The third kappa shape index (κ3) is 34.0. The number of hydrogen-bond acceptors (Lipinski definition) is 22. The number of aliphatic carboxylic acids is 1. The largest absolute Gasteiger partial charge is 1.00 e. The van der Waals surface area contributed by atoms with Crippen LogP contribution in [0.2, 0.25) is 5.15 Å². The van der Waals surface area contributed by atoms with Crippen LogP contribution in [0.4, 0.5) is 5.82 Å². The number of carbonyl (C=O) groups excluding carboxylic acids is 5. The van der Waals surface area contributed by atoms with Gasteiger partial charge in [0, 0.05) is 82.2 Å². The van der Waals surface area contributed by atoms with Gasteiger partial charge >= 0.3 is 36.0 Å². The van der Waals surface area contributed by atoms with E-state index >= 15 is 0 Å². The quantitative estimate of drug-likeness (QED) is 0.0141. The van der Waals surface area contributed by atoms with E-state index in [2.05, 4.69) is 183 Å². The molecule has 0 fully saturated rings. The fourth-order valence-corrected chi connectivity index (χ4v) is 16.2. The number of aliphatic hydroxyl groups is 1. The number of ether oxygens (including phenoxy) is 1. The number of nitrogen functional groups attached to an aromatic ring is 1. The fourth-order valence-electron chi connectivity index (χ4n) is 16.1. The topological polar surface area (TPSA) is 465 Å². The van der Waals surface area contributed by atoms with Crippen molar-refractivity contribution in [3.63, 3.8) is 0 Å². The van der Waals surface area contributed by atoms with Gasteiger partial charge in [0.05, 0.1) is 42.2 Å². The van der Waals surface area contributed by atoms with Crippen LogP contribution in [0.1, 0.15) is 211 Å². The Morgan fingerprint density at radius 2 is 0.850 bits per heavy atom. The summed E-state index contributed by atoms with van der Waals surface area (Å²) in [5.74, 6) is 21.0. The molecule has 17 N–H and O–H groups in total. The molecule has 18 rings (SSSR count). The maximum Gasteiger partial charge on any atom is 1.00 e. The van der Waals surface area contributed by atoms with Crippen molar-refractivity contribution < 1.29 is 74.0 Å². The molecule has 0 radical (unpaired) electrons. The number of nitrogens with one attached hydrogen (secondary N) is 3. The molecule has 7 aromatic carbocycles. The number of benzene rings is 7. The average molecular weight is 1830 g/mol. The first-order valence-corrected chi connectivity index (χ1v) is 46.2. The molecule has 0 bridgehead atoms. The number of aromatic amines is 1. The molecular formula is C95H119Cl4LiN14O12P-. The van der Waals surface area contributed by atoms with Crippen molar-refractivity contribution in [1.82, 2.24) is 36.0 Å². The summed E-state index contributed by atoms with van der Waals surface area (Å²) in [4.78, 5) is 80.7. The van der Waals surface area contributed by atoms with Crippen molar-refractivity contribution in [2.45, 2.75) is 182 Å². The normalized spacial score (nSPS) is 15.7. The Hall–Kier alpha value is -9.82. The van der Waals surface area contributed by atoms with Crippen molar-refractivity contribution in [1.29, 1.82) is 0 Å². The maximum atomic E-state index is 12.4. The predicted molar refractivity (Wildman–Crippen MR) is 505 cm³/mol. The molecular weight excluding hydrogens is 1710 g/mol. The van der Waals surface area contributed by atoms with Gasteiger partial charge in [-0.25, -0.2) is 16.4 Å². The van der Waals surface area contributed by atoms with E-state index in [-0.39, 0.29) is 101 Å². The molecule has 676 valence electrons. The molecule has 7 aliphatic carbocycles. The first kappa shape index (κ1) is 110. The number of aromatic nitrogens is 6. The van der Waals surface area contributed by atoms with Crippen molar-refractivity contribution in [3.05, 3.63) is 289 Å². The van der Waals surface area contributed by atoms with E-state index in [0.717, 1.165) is 191 Å². The van der Waals surface area contributed by atoms with Crippen LogP contribution in [0.5, 0.6) is 0 Å². The van der Waals surface area contributed by atoms with Crippen molar-refractivity contribution >= 4 is 97.2 Å². The summed E-state index contributed by atoms with van der Waals surface area (Å²) in [5.41, 5.74) is 28.6. The number of hydrogen-bond donors (Lipinski definition) is 10. The van der Waals surface area contributed by atoms with E-state index in [4.69, 9.17) is 32.4 Å². The number of hydrazine groups is 3. The van der Waals surface area contributed by atoms with Crippen molar-refractivity contribution in [2.75, 3.05) is 18.6 Å². The zero-order valence-corrected chi connectivity index (χ0v) is 75.7. The predicted octanol–water partition coefficient (Wildman–Crippen LogP) is 14.5. The van der Waals surface area contributed by atoms with Gasteiger partial charge < -0.3 is 34.7 Å². The van der Waals surface area contributed by atoms with Gasteiger partial charge in [0.1, 0.15) is 0 Å². The standard InChI is InChI=1S/C15H18O3.C13H11ClN2.C13H14N4.C13H14N2O.C13H12N2O.C13H14O3.C11H12O.C2H6O.CH4.CH3.Cl3OP.Li.2H4N2.H2O.H/c1-2-18-14(16)10-12-8-5-7-11-6-3-4-9-13(11)15(12)17;14-12-8-10-6-3-5-9-4-1-2-7-11(9)13(10)16-15-12;14-15-12-8-10-6-3-5-9-4-1-2-7-11(9)13(10)17-16-12;2*16-12-8-10-6-3-5-9-4-1-2-7-11(9)13(10)15-14-12;14-12(15)8-10-6-3-5-9-4-1-2-7-11(9)13(10)16;12-11-8-4-2-6-9-5-1-3-7-10(9)11;1-2-3;;;1-5(2,3)4;;2*1-2;;/h3-4,6,9,12H,2,5,7-8,10H2,1H3;1-2,4,7-8H,3,5-6H2;1-2,4,7-8H,3,5-6,14H2,(H,15,16);1-2,4,7,10H,3,5-6,8H2,(H,14,16);1-2,4,7-8H,3,5-6H2,(H,14,16);1-2,4,7,10H,3,5-6,8H2,(H,14,15);1,3,5,7H,2,4,6,8H2;3H,2H2,1H3;1H4;1H3;;;2*1-2H2;1H2;/q;;;;;;;;;-1;;+1;;;;-1/i;;;;;;;;;;;;;;;1+1. The Bertz CT molecular complexity index is 5340. The van der Waals surface area contributed by atoms with Gasteiger partial charge in [0.25, 0.3) is 5.56 Å².